The maximum absolute atomic E-state index is 12.5. The lowest BCUT2D eigenvalue weighted by Gasteiger charge is -2.11. The Balaban J connectivity index is 0.00000336. The van der Waals surface area contributed by atoms with Gasteiger partial charge in [0.1, 0.15) is 16.5 Å². The molecule has 0 unspecified atom stereocenters. The number of urea groups is 1. The molecule has 0 atom stereocenters. The number of rotatable bonds is 6. The minimum Gasteiger partial charge on any atom is -0.457 e. The fourth-order valence-corrected chi connectivity index (χ4v) is 4.63. The molecule has 0 aliphatic rings. The Kier molecular flexibility index (Phi) is 8.10. The highest BCUT2D eigenvalue weighted by molar-refractivity contribution is 7.21. The van der Waals surface area contributed by atoms with Crippen molar-refractivity contribution in [2.24, 2.45) is 0 Å². The molecule has 0 aliphatic heterocycles. The Morgan fingerprint density at radius 1 is 0.842 bits per heavy atom. The zero-order valence-corrected chi connectivity index (χ0v) is 21.9. The van der Waals surface area contributed by atoms with Crippen LogP contribution in [0, 0.1) is 0 Å². The van der Waals surface area contributed by atoms with E-state index < -0.39 is 0 Å². The summed E-state index contributed by atoms with van der Waals surface area (Å²) in [6, 6.07) is 27.0. The number of hydrogen-bond acceptors (Lipinski definition) is 6. The van der Waals surface area contributed by atoms with Gasteiger partial charge in [0, 0.05) is 29.7 Å². The first-order valence-corrected chi connectivity index (χ1v) is 12.2. The van der Waals surface area contributed by atoms with E-state index in [0.29, 0.717) is 34.1 Å². The normalized spacial score (nSPS) is 10.3. The van der Waals surface area contributed by atoms with Crippen molar-refractivity contribution in [1.29, 1.82) is 0 Å². The summed E-state index contributed by atoms with van der Waals surface area (Å²) in [6.45, 7) is 0. The molecule has 5 N–H and O–H groups in total. The smallest absolute Gasteiger partial charge is 0.323 e. The number of carbonyl (C=O) groups is 2. The van der Waals surface area contributed by atoms with Crippen molar-refractivity contribution in [2.45, 2.75) is 0 Å². The molecule has 192 valence electrons. The molecule has 8 nitrogen and oxygen atoms in total. The number of benzene rings is 4. The number of halogens is 1. The molecule has 0 radical (unpaired) electrons. The zero-order chi connectivity index (χ0) is 25.8. The number of amides is 3. The topological polar surface area (TPSA) is 118 Å². The van der Waals surface area contributed by atoms with Gasteiger partial charge >= 0.3 is 6.03 Å². The quantitative estimate of drug-likeness (QED) is 0.176. The predicted octanol–water partition coefficient (Wildman–Crippen LogP) is 6.76. The van der Waals surface area contributed by atoms with Crippen LogP contribution in [0.1, 0.15) is 10.4 Å². The van der Waals surface area contributed by atoms with Crippen LogP contribution in [0.15, 0.2) is 91.0 Å². The van der Waals surface area contributed by atoms with Crippen molar-refractivity contribution in [2.75, 3.05) is 23.4 Å². The first-order valence-electron chi connectivity index (χ1n) is 11.4. The number of nitrogen functional groups attached to an aromatic ring is 1. The number of fused-ring (bicyclic) bond motifs is 1. The molecule has 10 heteroatoms. The van der Waals surface area contributed by atoms with E-state index in [2.05, 4.69) is 27.0 Å². The molecule has 38 heavy (non-hydrogen) atoms. The van der Waals surface area contributed by atoms with Gasteiger partial charge in [0.2, 0.25) is 0 Å². The summed E-state index contributed by atoms with van der Waals surface area (Å²) in [6.07, 6.45) is 0. The van der Waals surface area contributed by atoms with Crippen molar-refractivity contribution < 1.29 is 14.3 Å². The van der Waals surface area contributed by atoms with Crippen LogP contribution in [-0.2, 0) is 0 Å². The second-order valence-corrected chi connectivity index (χ2v) is 9.13. The third kappa shape index (κ3) is 6.03. The van der Waals surface area contributed by atoms with Gasteiger partial charge < -0.3 is 26.4 Å². The summed E-state index contributed by atoms with van der Waals surface area (Å²) in [7, 11) is 1.54. The van der Waals surface area contributed by atoms with Crippen LogP contribution in [0.25, 0.3) is 20.8 Å². The van der Waals surface area contributed by atoms with Crippen LogP contribution < -0.4 is 26.4 Å². The Bertz CT molecular complexity index is 1550. The number of nitrogens with one attached hydrogen (secondary N) is 3. The second-order valence-electron chi connectivity index (χ2n) is 8.10. The van der Waals surface area contributed by atoms with Crippen LogP contribution in [0.5, 0.6) is 11.5 Å². The lowest BCUT2D eigenvalue weighted by atomic mass is 10.1. The Morgan fingerprint density at radius 3 is 2.13 bits per heavy atom. The number of anilines is 3. The first-order chi connectivity index (χ1) is 18.0. The summed E-state index contributed by atoms with van der Waals surface area (Å²) in [5.41, 5.74) is 9.79. The van der Waals surface area contributed by atoms with Gasteiger partial charge in [0.15, 0.2) is 0 Å². The lowest BCUT2D eigenvalue weighted by Crippen LogP contribution is -2.19. The molecule has 0 aliphatic carbocycles. The summed E-state index contributed by atoms with van der Waals surface area (Å²) in [5.74, 6) is 0.726. The van der Waals surface area contributed by atoms with Gasteiger partial charge in [-0.2, -0.15) is 0 Å². The van der Waals surface area contributed by atoms with Crippen molar-refractivity contribution in [3.8, 4) is 22.1 Å². The van der Waals surface area contributed by atoms with Gasteiger partial charge in [-0.1, -0.05) is 12.1 Å². The van der Waals surface area contributed by atoms with E-state index in [1.165, 1.54) is 7.05 Å². The van der Waals surface area contributed by atoms with Crippen LogP contribution in [0.4, 0.5) is 21.9 Å². The van der Waals surface area contributed by atoms with Gasteiger partial charge in [-0.25, -0.2) is 9.78 Å². The lowest BCUT2D eigenvalue weighted by molar-refractivity contribution is 0.0963. The molecule has 1 heterocycles. The summed E-state index contributed by atoms with van der Waals surface area (Å²) >= 11 is 1.63. The number of nitrogens with zero attached hydrogens (tertiary/aromatic N) is 1. The average molecular weight is 546 g/mol. The van der Waals surface area contributed by atoms with Gasteiger partial charge in [0.25, 0.3) is 5.91 Å². The number of para-hydroxylation sites is 1. The van der Waals surface area contributed by atoms with E-state index in [9.17, 15) is 9.59 Å². The zero-order valence-electron chi connectivity index (χ0n) is 20.2. The van der Waals surface area contributed by atoms with Crippen LogP contribution in [0.2, 0.25) is 0 Å². The molecular weight excluding hydrogens is 522 g/mol. The summed E-state index contributed by atoms with van der Waals surface area (Å²) in [4.78, 5) is 29.1. The largest absolute Gasteiger partial charge is 0.457 e. The molecule has 1 aromatic heterocycles. The fraction of sp³-hybridized carbons (Fsp3) is 0.0357. The standard InChI is InChI=1S/C28H23N5O3S.ClH/c1-30-26(34)22-16-21(14-15-23(22)29)36-20-12-10-19(11-13-20)32-28(35)31-18-8-6-17(7-9-18)27-33-24-4-2-3-5-25(24)37-27;/h2-16H,29H2,1H3,(H,30,34)(H2,31,32,35);1H. The van der Waals surface area contributed by atoms with Gasteiger partial charge in [-0.15, -0.1) is 23.7 Å². The molecule has 0 bridgehead atoms. The molecule has 3 amide bonds. The number of nitrogens with two attached hydrogens (primary N) is 1. The SMILES string of the molecule is CNC(=O)c1cc(Oc2ccc(NC(=O)Nc3ccc(-c4nc5ccccc5s4)cc3)cc2)ccc1N.Cl. The van der Waals surface area contributed by atoms with Gasteiger partial charge in [-0.05, 0) is 78.9 Å². The minimum atomic E-state index is -0.366. The van der Waals surface area contributed by atoms with E-state index in [1.807, 2.05) is 42.5 Å². The predicted molar refractivity (Wildman–Crippen MR) is 156 cm³/mol. The number of aromatic nitrogens is 1. The van der Waals surface area contributed by atoms with Gasteiger partial charge in [-0.3, -0.25) is 4.79 Å². The van der Waals surface area contributed by atoms with Crippen LogP contribution in [-0.4, -0.2) is 24.0 Å². The monoisotopic (exact) mass is 545 g/mol. The molecule has 5 aromatic rings. The first kappa shape index (κ1) is 26.5. The number of carbonyl (C=O) groups excluding carboxylic acids is 2. The Morgan fingerprint density at radius 2 is 1.47 bits per heavy atom. The van der Waals surface area contributed by atoms with Crippen LogP contribution in [0.3, 0.4) is 0 Å². The highest BCUT2D eigenvalue weighted by Crippen LogP contribution is 2.31. The van der Waals surface area contributed by atoms with E-state index >= 15 is 0 Å². The number of thiazole rings is 1. The van der Waals surface area contributed by atoms with Crippen LogP contribution >= 0.6 is 23.7 Å². The maximum atomic E-state index is 12.5. The Labute approximate surface area is 229 Å². The third-order valence-corrected chi connectivity index (χ3v) is 6.61. The number of hydrogen-bond donors (Lipinski definition) is 4. The molecule has 0 saturated heterocycles. The highest BCUT2D eigenvalue weighted by atomic mass is 35.5. The van der Waals surface area contributed by atoms with E-state index in [4.69, 9.17) is 10.5 Å². The van der Waals surface area contributed by atoms with Crippen molar-refractivity contribution in [3.63, 3.8) is 0 Å². The molecule has 5 rings (SSSR count). The van der Waals surface area contributed by atoms with E-state index in [-0.39, 0.29) is 24.3 Å². The maximum Gasteiger partial charge on any atom is 0.323 e. The molecular formula is C28H24ClN5O3S. The highest BCUT2D eigenvalue weighted by Gasteiger charge is 2.11. The average Bonchev–Trinajstić information content (AvgIpc) is 3.35. The fourth-order valence-electron chi connectivity index (χ4n) is 3.66. The molecule has 0 saturated carbocycles. The molecule has 4 aromatic carbocycles. The van der Waals surface area contributed by atoms with Gasteiger partial charge in [0.05, 0.1) is 15.8 Å². The van der Waals surface area contributed by atoms with Crippen molar-refractivity contribution in [3.05, 3.63) is 96.6 Å². The minimum absolute atomic E-state index is 0. The van der Waals surface area contributed by atoms with E-state index in [0.717, 1.165) is 20.8 Å². The second kappa shape index (κ2) is 11.6. The third-order valence-electron chi connectivity index (χ3n) is 5.53. The molecule has 0 fully saturated rings. The van der Waals surface area contributed by atoms with Crippen molar-refractivity contribution in [1.82, 2.24) is 10.3 Å². The Hall–Kier alpha value is -4.60. The number of ether oxygens (including phenoxy) is 1. The van der Waals surface area contributed by atoms with Crippen molar-refractivity contribution >= 4 is 63.0 Å². The van der Waals surface area contributed by atoms with E-state index in [1.54, 1.807) is 53.8 Å². The summed E-state index contributed by atoms with van der Waals surface area (Å²) in [5, 5.41) is 9.11. The molecule has 0 spiro atoms. The summed E-state index contributed by atoms with van der Waals surface area (Å²) < 4.78 is 6.96.